The van der Waals surface area contributed by atoms with Gasteiger partial charge in [0.1, 0.15) is 11.2 Å². The molecule has 0 spiro atoms. The number of fused-ring (bicyclic) bond motifs is 4. The molecule has 1 heterocycles. The van der Waals surface area contributed by atoms with Gasteiger partial charge in [0.2, 0.25) is 0 Å². The highest BCUT2D eigenvalue weighted by molar-refractivity contribution is 6.13. The van der Waals surface area contributed by atoms with Gasteiger partial charge in [-0.15, -0.1) is 0 Å². The molecule has 1 aromatic heterocycles. The molecule has 8 aromatic rings. The maximum absolute atomic E-state index is 6.72. The number of furan rings is 1. The molecule has 0 amide bonds. The van der Waals surface area contributed by atoms with E-state index in [0.717, 1.165) is 57.0 Å². The lowest BCUT2D eigenvalue weighted by molar-refractivity contribution is 0.586. The van der Waals surface area contributed by atoms with Crippen LogP contribution in [0.4, 0.5) is 11.4 Å². The highest BCUT2D eigenvalue weighted by Crippen LogP contribution is 2.41. The molecule has 0 saturated heterocycles. The molecule has 0 N–H and O–H groups in total. The van der Waals surface area contributed by atoms with Gasteiger partial charge in [-0.25, -0.2) is 0 Å². The van der Waals surface area contributed by atoms with Crippen LogP contribution in [0.25, 0.3) is 55.0 Å². The van der Waals surface area contributed by atoms with Gasteiger partial charge in [0.05, 0.1) is 6.04 Å². The number of allylic oxidation sites excluding steroid dienone is 1. The van der Waals surface area contributed by atoms with Gasteiger partial charge in [-0.3, -0.25) is 0 Å². The molecular formula is C46H35NO. The van der Waals surface area contributed by atoms with Gasteiger partial charge in [0.15, 0.2) is 0 Å². The van der Waals surface area contributed by atoms with E-state index in [1.807, 2.05) is 0 Å². The summed E-state index contributed by atoms with van der Waals surface area (Å²) < 4.78 is 6.72. The normalized spacial score (nSPS) is 16.1. The van der Waals surface area contributed by atoms with Crippen molar-refractivity contribution < 1.29 is 4.42 Å². The Morgan fingerprint density at radius 1 is 0.458 bits per heavy atom. The van der Waals surface area contributed by atoms with Gasteiger partial charge < -0.3 is 9.32 Å². The Hall–Kier alpha value is -5.86. The van der Waals surface area contributed by atoms with Crippen molar-refractivity contribution in [3.8, 4) is 22.3 Å². The first-order chi connectivity index (χ1) is 23.8. The number of hydrogen-bond donors (Lipinski definition) is 0. The van der Waals surface area contributed by atoms with Gasteiger partial charge in [-0.05, 0) is 64.6 Å². The second kappa shape index (κ2) is 12.1. The number of nitrogens with zero attached hydrogens (tertiary/aromatic N) is 1. The van der Waals surface area contributed by atoms with Gasteiger partial charge in [-0.2, -0.15) is 0 Å². The summed E-state index contributed by atoms with van der Waals surface area (Å²) in [6.07, 6.45) is 7.03. The van der Waals surface area contributed by atoms with Crippen molar-refractivity contribution in [1.82, 2.24) is 0 Å². The molecule has 1 aliphatic rings. The standard InChI is InChI=1S/C46H35NO/c1-3-12-34(13-4-1)41-17-9-19-43-44-20-10-18-42(46(44)48-45(41)43)35-25-29-40(30-26-35)47(38-15-5-2-6-16-38)39-27-23-33(24-28-39)37-22-21-32-11-7-8-14-36(32)31-37/h1-23,25-27,29-31,33,39H,24,28H2. The number of benzene rings is 7. The van der Waals surface area contributed by atoms with Crippen LogP contribution in [-0.4, -0.2) is 6.04 Å². The van der Waals surface area contributed by atoms with Crippen LogP contribution >= 0.6 is 0 Å². The highest BCUT2D eigenvalue weighted by atomic mass is 16.3. The van der Waals surface area contributed by atoms with Crippen LogP contribution in [0.2, 0.25) is 0 Å². The average Bonchev–Trinajstić information content (AvgIpc) is 3.55. The third-order valence-corrected chi connectivity index (χ3v) is 9.97. The zero-order valence-electron chi connectivity index (χ0n) is 26.7. The van der Waals surface area contributed by atoms with Crippen molar-refractivity contribution in [3.05, 3.63) is 182 Å². The van der Waals surface area contributed by atoms with Crippen molar-refractivity contribution in [1.29, 1.82) is 0 Å². The van der Waals surface area contributed by atoms with Crippen LogP contribution in [0.5, 0.6) is 0 Å². The predicted molar refractivity (Wildman–Crippen MR) is 202 cm³/mol. The predicted octanol–water partition coefficient (Wildman–Crippen LogP) is 12.7. The smallest absolute Gasteiger partial charge is 0.143 e. The summed E-state index contributed by atoms with van der Waals surface area (Å²) in [5.74, 6) is 0.428. The Kier molecular flexibility index (Phi) is 7.13. The monoisotopic (exact) mass is 617 g/mol. The summed E-state index contributed by atoms with van der Waals surface area (Å²) in [6, 6.07) is 59.1. The first-order valence-corrected chi connectivity index (χ1v) is 16.9. The van der Waals surface area contributed by atoms with Crippen molar-refractivity contribution in [2.24, 2.45) is 0 Å². The Labute approximate surface area is 281 Å². The van der Waals surface area contributed by atoms with Gasteiger partial charge >= 0.3 is 0 Å². The first-order valence-electron chi connectivity index (χ1n) is 16.9. The number of anilines is 2. The van der Waals surface area contributed by atoms with Crippen molar-refractivity contribution in [2.45, 2.75) is 24.8 Å². The zero-order chi connectivity index (χ0) is 31.9. The molecule has 0 bridgehead atoms. The minimum Gasteiger partial charge on any atom is -0.455 e. The molecule has 48 heavy (non-hydrogen) atoms. The highest BCUT2D eigenvalue weighted by Gasteiger charge is 2.24. The third kappa shape index (κ3) is 5.07. The van der Waals surface area contributed by atoms with E-state index in [9.17, 15) is 0 Å². The molecule has 0 saturated carbocycles. The van der Waals surface area contributed by atoms with Crippen LogP contribution in [-0.2, 0) is 0 Å². The van der Waals surface area contributed by atoms with E-state index in [4.69, 9.17) is 4.42 Å². The molecule has 2 unspecified atom stereocenters. The van der Waals surface area contributed by atoms with Crippen LogP contribution in [0.3, 0.4) is 0 Å². The summed E-state index contributed by atoms with van der Waals surface area (Å²) in [5, 5.41) is 4.90. The zero-order valence-corrected chi connectivity index (χ0v) is 26.7. The Morgan fingerprint density at radius 2 is 1.06 bits per heavy atom. The molecule has 1 aliphatic carbocycles. The number of rotatable bonds is 6. The van der Waals surface area contributed by atoms with E-state index in [1.165, 1.54) is 27.7 Å². The summed E-state index contributed by atoms with van der Waals surface area (Å²) in [7, 11) is 0. The lowest BCUT2D eigenvalue weighted by atomic mass is 9.85. The van der Waals surface area contributed by atoms with Crippen LogP contribution < -0.4 is 4.90 Å². The topological polar surface area (TPSA) is 16.4 Å². The second-order valence-electron chi connectivity index (χ2n) is 12.8. The van der Waals surface area contributed by atoms with Crippen LogP contribution in [0, 0.1) is 0 Å². The van der Waals surface area contributed by atoms with Crippen molar-refractivity contribution >= 4 is 44.1 Å². The molecule has 0 aliphatic heterocycles. The van der Waals surface area contributed by atoms with Crippen LogP contribution in [0.15, 0.2) is 180 Å². The molecule has 0 fully saturated rings. The van der Waals surface area contributed by atoms with Gasteiger partial charge in [0, 0.05) is 39.2 Å². The third-order valence-electron chi connectivity index (χ3n) is 9.97. The summed E-state index contributed by atoms with van der Waals surface area (Å²) in [4.78, 5) is 2.49. The summed E-state index contributed by atoms with van der Waals surface area (Å²) >= 11 is 0. The lowest BCUT2D eigenvalue weighted by Crippen LogP contribution is -2.31. The van der Waals surface area contributed by atoms with E-state index < -0.39 is 0 Å². The molecule has 2 nitrogen and oxygen atoms in total. The number of hydrogen-bond acceptors (Lipinski definition) is 2. The molecule has 2 heteroatoms. The summed E-state index contributed by atoms with van der Waals surface area (Å²) in [6.45, 7) is 0. The Balaban J connectivity index is 1.05. The minimum atomic E-state index is 0.269. The molecule has 0 radical (unpaired) electrons. The molecule has 230 valence electrons. The Bertz CT molecular complexity index is 2400. The van der Waals surface area contributed by atoms with E-state index in [0.29, 0.717) is 5.92 Å². The number of para-hydroxylation sites is 3. The van der Waals surface area contributed by atoms with Crippen LogP contribution in [0.1, 0.15) is 24.3 Å². The fourth-order valence-corrected chi connectivity index (χ4v) is 7.55. The molecule has 7 aromatic carbocycles. The minimum absolute atomic E-state index is 0.269. The molecule has 9 rings (SSSR count). The average molecular weight is 618 g/mol. The SMILES string of the molecule is C1=CC(N(c2ccccc2)c2ccc(-c3cccc4c3oc3c(-c5ccccc5)cccc34)cc2)CCC1c1ccc2ccccc2c1. The quantitative estimate of drug-likeness (QED) is 0.173. The summed E-state index contributed by atoms with van der Waals surface area (Å²) in [5.41, 5.74) is 10.2. The maximum atomic E-state index is 6.72. The van der Waals surface area contributed by atoms with E-state index in [-0.39, 0.29) is 6.04 Å². The molecular weight excluding hydrogens is 583 g/mol. The fourth-order valence-electron chi connectivity index (χ4n) is 7.55. The largest absolute Gasteiger partial charge is 0.455 e. The van der Waals surface area contributed by atoms with E-state index in [2.05, 4.69) is 181 Å². The van der Waals surface area contributed by atoms with E-state index >= 15 is 0 Å². The Morgan fingerprint density at radius 3 is 1.73 bits per heavy atom. The van der Waals surface area contributed by atoms with Gasteiger partial charge in [-0.1, -0.05) is 152 Å². The van der Waals surface area contributed by atoms with Crippen molar-refractivity contribution in [2.75, 3.05) is 4.90 Å². The van der Waals surface area contributed by atoms with E-state index in [1.54, 1.807) is 0 Å². The lowest BCUT2D eigenvalue weighted by Gasteiger charge is -2.35. The fraction of sp³-hybridized carbons (Fsp3) is 0.0870. The van der Waals surface area contributed by atoms with Crippen molar-refractivity contribution in [3.63, 3.8) is 0 Å². The van der Waals surface area contributed by atoms with Gasteiger partial charge in [0.25, 0.3) is 0 Å². The maximum Gasteiger partial charge on any atom is 0.143 e. The second-order valence-corrected chi connectivity index (χ2v) is 12.8. The first kappa shape index (κ1) is 28.4. The molecule has 2 atom stereocenters.